The molecule has 0 heterocycles. The fourth-order valence-corrected chi connectivity index (χ4v) is 6.99. The molecule has 9 nitrogen and oxygen atoms in total. The molecule has 4 N–H and O–H groups in total. The van der Waals surface area contributed by atoms with Gasteiger partial charge in [0.1, 0.15) is 13.2 Å². The van der Waals surface area contributed by atoms with Crippen molar-refractivity contribution in [1.29, 1.82) is 0 Å². The second kappa shape index (κ2) is 28.1. The Hall–Kier alpha value is -5.58. The van der Waals surface area contributed by atoms with Gasteiger partial charge < -0.3 is 5.73 Å². The van der Waals surface area contributed by atoms with Crippen molar-refractivity contribution < 1.29 is 29.9 Å². The van der Waals surface area contributed by atoms with Gasteiger partial charge in [0.15, 0.2) is 11.6 Å². The van der Waals surface area contributed by atoms with Crippen molar-refractivity contribution in [3.05, 3.63) is 158 Å². The number of nitrogens with two attached hydrogens (primary N) is 1. The van der Waals surface area contributed by atoms with E-state index in [1.54, 1.807) is 6.92 Å². The molecule has 0 radical (unpaired) electrons. The number of carbonyl (C=O) groups is 2. The van der Waals surface area contributed by atoms with E-state index in [4.69, 9.17) is 26.2 Å². The molecule has 332 valence electrons. The Morgan fingerprint density at radius 3 is 1.21 bits per heavy atom. The molecule has 9 heteroatoms. The zero-order chi connectivity index (χ0) is 46.2. The topological polar surface area (TPSA) is 144 Å². The van der Waals surface area contributed by atoms with Crippen LogP contribution >= 0.6 is 0 Å². The quantitative estimate of drug-likeness (QED) is 0.0238. The maximum atomic E-state index is 11.2. The van der Waals surface area contributed by atoms with Crippen LogP contribution in [0.15, 0.2) is 107 Å². The summed E-state index contributed by atoms with van der Waals surface area (Å²) < 4.78 is 0. The summed E-state index contributed by atoms with van der Waals surface area (Å²) in [5.41, 5.74) is 24.5. The predicted molar refractivity (Wildman–Crippen MR) is 258 cm³/mol. The van der Waals surface area contributed by atoms with Crippen LogP contribution in [-0.4, -0.2) is 46.7 Å². The number of benzene rings is 5. The Labute approximate surface area is 370 Å². The summed E-state index contributed by atoms with van der Waals surface area (Å²) in [6, 6.07) is 33.5. The lowest BCUT2D eigenvalue weighted by Gasteiger charge is -2.14. The zero-order valence-electron chi connectivity index (χ0n) is 38.9. The van der Waals surface area contributed by atoms with E-state index in [0.29, 0.717) is 19.3 Å². The van der Waals surface area contributed by atoms with E-state index >= 15 is 0 Å². The predicted octanol–water partition coefficient (Wildman–Crippen LogP) is 12.8. The van der Waals surface area contributed by atoms with Crippen LogP contribution in [0.3, 0.4) is 0 Å². The number of rotatable bonds is 15. The van der Waals surface area contributed by atoms with E-state index in [-0.39, 0.29) is 24.8 Å². The highest BCUT2D eigenvalue weighted by molar-refractivity contribution is 6.43. The zero-order valence-corrected chi connectivity index (χ0v) is 38.9. The molecule has 0 aliphatic heterocycles. The molecule has 0 amide bonds. The van der Waals surface area contributed by atoms with Gasteiger partial charge in [-0.25, -0.2) is 9.78 Å². The summed E-state index contributed by atoms with van der Waals surface area (Å²) in [7, 11) is 0. The second-order valence-electron chi connectivity index (χ2n) is 15.6. The molecule has 5 aromatic rings. The van der Waals surface area contributed by atoms with Crippen molar-refractivity contribution in [2.24, 2.45) is 9.98 Å². The number of aryl methyl sites for hydroxylation is 11. The maximum absolute atomic E-state index is 11.2. The summed E-state index contributed by atoms with van der Waals surface area (Å²) >= 11 is 0. The van der Waals surface area contributed by atoms with Crippen LogP contribution in [0.4, 0.5) is 17.1 Å². The summed E-state index contributed by atoms with van der Waals surface area (Å²) in [6.07, 6.45) is 3.97. The van der Waals surface area contributed by atoms with E-state index in [9.17, 15) is 9.59 Å². The summed E-state index contributed by atoms with van der Waals surface area (Å²) in [6.45, 7) is 23.0. The molecular formula is C53H69N3O6. The third-order valence-corrected chi connectivity index (χ3v) is 10.0. The molecule has 0 spiro atoms. The summed E-state index contributed by atoms with van der Waals surface area (Å²) in [5, 5.41) is 15.0. The van der Waals surface area contributed by atoms with Gasteiger partial charge in [-0.1, -0.05) is 128 Å². The first-order chi connectivity index (χ1) is 29.5. The molecule has 0 aliphatic carbocycles. The number of anilines is 1. The first-order valence-corrected chi connectivity index (χ1v) is 21.4. The monoisotopic (exact) mass is 844 g/mol. The number of nitrogens with zero attached hydrogens (tertiary/aromatic N) is 2. The highest BCUT2D eigenvalue weighted by atomic mass is 17.1. The second-order valence-corrected chi connectivity index (χ2v) is 15.6. The smallest absolute Gasteiger partial charge is 0.198 e. The molecular weight excluding hydrogens is 775 g/mol. The van der Waals surface area contributed by atoms with Crippen molar-refractivity contribution in [1.82, 2.24) is 0 Å². The molecule has 0 bridgehead atoms. The minimum absolute atomic E-state index is 0.00347. The minimum Gasteiger partial charge on any atom is -0.398 e. The first-order valence-electron chi connectivity index (χ1n) is 21.4. The standard InChI is InChI=1S/C30H36N2.C12H14O2.C9H13N.C2H6O4/c1-8-27(31-29-22(4)16-20(2)17-23(29)5)28(15-14-26-12-10-9-11-13-26)32-30-24(6)18-21(3)19-25(30)7;1-2-11(13)12(14)9-8-10-6-4-3-5-7-10;1-6-4-7(2)9(10)8(3)5-6;3-5-1-2-6-4/h9-13,16-19H,8,14-15H2,1-7H3;3-7H,2,8-9H2,1H3;4-5H,10H2,1-3H3;3-4H,1-2H2. The van der Waals surface area contributed by atoms with E-state index in [1.165, 1.54) is 55.6 Å². The number of ketones is 2. The van der Waals surface area contributed by atoms with Gasteiger partial charge in [-0.15, -0.1) is 0 Å². The molecule has 0 saturated carbocycles. The van der Waals surface area contributed by atoms with Crippen molar-refractivity contribution >= 4 is 40.1 Å². The van der Waals surface area contributed by atoms with Crippen molar-refractivity contribution in [3.8, 4) is 0 Å². The van der Waals surface area contributed by atoms with E-state index in [1.807, 2.05) is 44.2 Å². The SMILES string of the molecule is CCC(=Nc1c(C)cc(C)cc1C)C(CCc1ccccc1)=Nc1c(C)cc(C)cc1C.CCC(=O)C(=O)CCc1ccccc1.Cc1cc(C)c(N)c(C)c1.OOCCOO. The Morgan fingerprint density at radius 1 is 0.500 bits per heavy atom. The van der Waals surface area contributed by atoms with Gasteiger partial charge in [-0.3, -0.25) is 30.1 Å². The minimum atomic E-state index is -0.263. The van der Waals surface area contributed by atoms with Crippen LogP contribution in [0.1, 0.15) is 101 Å². The van der Waals surface area contributed by atoms with Crippen molar-refractivity contribution in [2.45, 2.75) is 115 Å². The van der Waals surface area contributed by atoms with Gasteiger partial charge in [0.2, 0.25) is 0 Å². The lowest BCUT2D eigenvalue weighted by molar-refractivity contribution is -0.296. The Bertz CT molecular complexity index is 2160. The molecule has 5 rings (SSSR count). The molecule has 0 unspecified atom stereocenters. The molecule has 0 aromatic heterocycles. The number of aliphatic imine (C=N–C) groups is 2. The highest BCUT2D eigenvalue weighted by Gasteiger charge is 2.14. The van der Waals surface area contributed by atoms with Gasteiger partial charge in [0.05, 0.1) is 22.8 Å². The molecule has 5 aromatic carbocycles. The first kappa shape index (κ1) is 52.6. The van der Waals surface area contributed by atoms with Crippen LogP contribution in [0.5, 0.6) is 0 Å². The van der Waals surface area contributed by atoms with Crippen LogP contribution in [0.25, 0.3) is 0 Å². The van der Waals surface area contributed by atoms with Gasteiger partial charge in [0, 0.05) is 18.5 Å². The highest BCUT2D eigenvalue weighted by Crippen LogP contribution is 2.29. The molecule has 0 aliphatic rings. The fourth-order valence-electron chi connectivity index (χ4n) is 6.99. The average molecular weight is 844 g/mol. The summed E-state index contributed by atoms with van der Waals surface area (Å²) in [4.78, 5) is 39.6. The van der Waals surface area contributed by atoms with Crippen molar-refractivity contribution in [3.63, 3.8) is 0 Å². The largest absolute Gasteiger partial charge is 0.398 e. The number of hydrogen-bond donors (Lipinski definition) is 3. The summed E-state index contributed by atoms with van der Waals surface area (Å²) in [5.74, 6) is -0.516. The van der Waals surface area contributed by atoms with Gasteiger partial charge >= 0.3 is 0 Å². The Kier molecular flexibility index (Phi) is 23.8. The third-order valence-electron chi connectivity index (χ3n) is 10.0. The number of hydrogen-bond acceptors (Lipinski definition) is 9. The Balaban J connectivity index is 0.000000358. The van der Waals surface area contributed by atoms with E-state index < -0.39 is 0 Å². The molecule has 0 fully saturated rings. The number of carbonyl (C=O) groups excluding carboxylic acids is 2. The normalized spacial score (nSPS) is 11.0. The van der Waals surface area contributed by atoms with Crippen LogP contribution in [0, 0.1) is 62.3 Å². The average Bonchev–Trinajstić information content (AvgIpc) is 3.24. The fraction of sp³-hybridized carbons (Fsp3) is 0.358. The van der Waals surface area contributed by atoms with Crippen LogP contribution < -0.4 is 5.73 Å². The maximum Gasteiger partial charge on any atom is 0.198 e. The Morgan fingerprint density at radius 2 is 0.855 bits per heavy atom. The van der Waals surface area contributed by atoms with Gasteiger partial charge in [0.25, 0.3) is 0 Å². The van der Waals surface area contributed by atoms with E-state index in [2.05, 4.69) is 132 Å². The number of Topliss-reactive ketones (excluding diaryl/α,β-unsaturated/α-hetero) is 2. The third kappa shape index (κ3) is 18.6. The lowest BCUT2D eigenvalue weighted by atomic mass is 10.0. The van der Waals surface area contributed by atoms with Gasteiger partial charge in [-0.05, 0) is 133 Å². The number of nitrogen functional groups attached to an aromatic ring is 1. The lowest BCUT2D eigenvalue weighted by Crippen LogP contribution is -2.15. The van der Waals surface area contributed by atoms with Crippen LogP contribution in [0.2, 0.25) is 0 Å². The van der Waals surface area contributed by atoms with Crippen LogP contribution in [-0.2, 0) is 32.2 Å². The molecule has 62 heavy (non-hydrogen) atoms. The van der Waals surface area contributed by atoms with E-state index in [0.717, 1.165) is 53.3 Å². The molecule has 0 atom stereocenters. The molecule has 0 saturated heterocycles. The van der Waals surface area contributed by atoms with Gasteiger partial charge in [-0.2, -0.15) is 0 Å². The van der Waals surface area contributed by atoms with Crippen molar-refractivity contribution in [2.75, 3.05) is 18.9 Å².